The molecule has 2 aromatic rings. The van der Waals surface area contributed by atoms with E-state index in [4.69, 9.17) is 10.8 Å². The highest BCUT2D eigenvalue weighted by Crippen LogP contribution is 2.40. The van der Waals surface area contributed by atoms with Crippen molar-refractivity contribution in [2.24, 2.45) is 0 Å². The second-order valence-electron chi connectivity index (χ2n) is 4.48. The number of anilines is 1. The Balaban J connectivity index is 2.07. The quantitative estimate of drug-likeness (QED) is 0.852. The van der Waals surface area contributed by atoms with Gasteiger partial charge in [-0.2, -0.15) is 0 Å². The monoisotopic (exact) mass is 245 g/mol. The van der Waals surface area contributed by atoms with E-state index in [9.17, 15) is 4.39 Å². The Hall–Kier alpha value is -2.17. The Bertz CT molecular complexity index is 611. The fraction of sp³-hybridized carbons (Fsp3) is 0.231. The fourth-order valence-corrected chi connectivity index (χ4v) is 1.85. The highest BCUT2D eigenvalue weighted by molar-refractivity contribution is 5.58. The van der Waals surface area contributed by atoms with Gasteiger partial charge in [-0.3, -0.25) is 0 Å². The molecule has 1 fully saturated rings. The number of aromatic hydroxyl groups is 1. The second-order valence-corrected chi connectivity index (χ2v) is 4.48. The summed E-state index contributed by atoms with van der Waals surface area (Å²) in [5, 5.41) is 9.16. The van der Waals surface area contributed by atoms with Crippen LogP contribution in [-0.4, -0.2) is 15.1 Å². The first kappa shape index (κ1) is 11.0. The molecule has 0 spiro atoms. The lowest BCUT2D eigenvalue weighted by atomic mass is 10.2. The molecule has 1 saturated carbocycles. The van der Waals surface area contributed by atoms with Gasteiger partial charge < -0.3 is 10.8 Å². The van der Waals surface area contributed by atoms with Crippen LogP contribution in [0.5, 0.6) is 5.75 Å². The Morgan fingerprint density at radius 3 is 2.67 bits per heavy atom. The first-order valence-electron chi connectivity index (χ1n) is 5.77. The van der Waals surface area contributed by atoms with Crippen LogP contribution in [0.25, 0.3) is 11.4 Å². The number of aromatic nitrogens is 2. The third kappa shape index (κ3) is 1.99. The number of halogens is 1. The number of phenolic OH excluding ortho intramolecular Hbond substituents is 1. The molecule has 18 heavy (non-hydrogen) atoms. The molecular formula is C13H12FN3O. The zero-order valence-electron chi connectivity index (χ0n) is 9.60. The lowest BCUT2D eigenvalue weighted by molar-refractivity contribution is 0.432. The summed E-state index contributed by atoms with van der Waals surface area (Å²) in [4.78, 5) is 8.50. The van der Waals surface area contributed by atoms with Crippen LogP contribution in [0.15, 0.2) is 24.3 Å². The number of phenols is 1. The molecule has 0 saturated heterocycles. The molecule has 1 aromatic carbocycles. The largest absolute Gasteiger partial charge is 0.505 e. The van der Waals surface area contributed by atoms with E-state index in [0.29, 0.717) is 23.1 Å². The Morgan fingerprint density at radius 1 is 1.22 bits per heavy atom. The zero-order valence-corrected chi connectivity index (χ0v) is 9.60. The molecule has 3 rings (SSSR count). The standard InChI is InChI=1S/C13H12FN3O/c14-9-5-8(3-4-11(9)18)13-16-10(7-1-2-7)6-12(15)17-13/h3-7,18H,1-2H2,(H2,15,16,17). The predicted octanol–water partition coefficient (Wildman–Crippen LogP) is 2.45. The molecular weight excluding hydrogens is 233 g/mol. The van der Waals surface area contributed by atoms with E-state index in [2.05, 4.69) is 9.97 Å². The summed E-state index contributed by atoms with van der Waals surface area (Å²) < 4.78 is 13.3. The van der Waals surface area contributed by atoms with Crippen molar-refractivity contribution in [2.45, 2.75) is 18.8 Å². The summed E-state index contributed by atoms with van der Waals surface area (Å²) in [5.41, 5.74) is 7.16. The van der Waals surface area contributed by atoms with Crippen molar-refractivity contribution in [3.8, 4) is 17.1 Å². The first-order valence-corrected chi connectivity index (χ1v) is 5.77. The van der Waals surface area contributed by atoms with Gasteiger partial charge in [0.2, 0.25) is 0 Å². The van der Waals surface area contributed by atoms with Crippen molar-refractivity contribution in [1.29, 1.82) is 0 Å². The van der Waals surface area contributed by atoms with Crippen LogP contribution in [0.3, 0.4) is 0 Å². The minimum atomic E-state index is -0.688. The van der Waals surface area contributed by atoms with Crippen molar-refractivity contribution in [3.05, 3.63) is 35.8 Å². The molecule has 4 nitrogen and oxygen atoms in total. The van der Waals surface area contributed by atoms with Gasteiger partial charge >= 0.3 is 0 Å². The van der Waals surface area contributed by atoms with Crippen molar-refractivity contribution in [2.75, 3.05) is 5.73 Å². The van der Waals surface area contributed by atoms with Crippen molar-refractivity contribution >= 4 is 5.82 Å². The minimum absolute atomic E-state index is 0.384. The molecule has 3 N–H and O–H groups in total. The molecule has 0 radical (unpaired) electrons. The summed E-state index contributed by atoms with van der Waals surface area (Å²) in [6, 6.07) is 5.83. The summed E-state index contributed by atoms with van der Waals surface area (Å²) in [6.07, 6.45) is 2.22. The maximum absolute atomic E-state index is 13.3. The summed E-state index contributed by atoms with van der Waals surface area (Å²) >= 11 is 0. The van der Waals surface area contributed by atoms with Crippen LogP contribution in [0.4, 0.5) is 10.2 Å². The van der Waals surface area contributed by atoms with Crippen LogP contribution < -0.4 is 5.73 Å². The van der Waals surface area contributed by atoms with E-state index >= 15 is 0 Å². The number of hydrogen-bond donors (Lipinski definition) is 2. The van der Waals surface area contributed by atoms with Gasteiger partial charge in [-0.25, -0.2) is 14.4 Å². The maximum Gasteiger partial charge on any atom is 0.165 e. The molecule has 0 unspecified atom stereocenters. The van der Waals surface area contributed by atoms with Gasteiger partial charge in [-0.15, -0.1) is 0 Å². The predicted molar refractivity (Wildman–Crippen MR) is 65.5 cm³/mol. The third-order valence-corrected chi connectivity index (χ3v) is 2.97. The van der Waals surface area contributed by atoms with E-state index < -0.39 is 5.82 Å². The van der Waals surface area contributed by atoms with Crippen LogP contribution in [0.1, 0.15) is 24.5 Å². The number of nitrogens with two attached hydrogens (primary N) is 1. The summed E-state index contributed by atoms with van der Waals surface area (Å²) in [5.74, 6) is 0.166. The number of hydrogen-bond acceptors (Lipinski definition) is 4. The molecule has 1 aliphatic rings. The van der Waals surface area contributed by atoms with Crippen molar-refractivity contribution < 1.29 is 9.50 Å². The molecule has 1 aliphatic carbocycles. The van der Waals surface area contributed by atoms with E-state index in [1.54, 1.807) is 12.1 Å². The molecule has 92 valence electrons. The smallest absolute Gasteiger partial charge is 0.165 e. The average Bonchev–Trinajstić information content (AvgIpc) is 3.16. The van der Waals surface area contributed by atoms with Crippen LogP contribution in [-0.2, 0) is 0 Å². The van der Waals surface area contributed by atoms with Crippen LogP contribution >= 0.6 is 0 Å². The van der Waals surface area contributed by atoms with E-state index in [-0.39, 0.29) is 5.75 Å². The zero-order chi connectivity index (χ0) is 12.7. The number of nitrogens with zero attached hydrogens (tertiary/aromatic N) is 2. The molecule has 0 aliphatic heterocycles. The highest BCUT2D eigenvalue weighted by Gasteiger charge is 2.26. The highest BCUT2D eigenvalue weighted by atomic mass is 19.1. The van der Waals surface area contributed by atoms with Gasteiger partial charge in [0.05, 0.1) is 0 Å². The lowest BCUT2D eigenvalue weighted by Crippen LogP contribution is -1.99. The summed E-state index contributed by atoms with van der Waals surface area (Å²) in [7, 11) is 0. The lowest BCUT2D eigenvalue weighted by Gasteiger charge is -2.05. The Labute approximate surface area is 103 Å². The molecule has 1 aromatic heterocycles. The number of benzene rings is 1. The third-order valence-electron chi connectivity index (χ3n) is 2.97. The van der Waals surface area contributed by atoms with Gasteiger partial charge in [-0.1, -0.05) is 0 Å². The van der Waals surface area contributed by atoms with Crippen LogP contribution in [0.2, 0.25) is 0 Å². The molecule has 1 heterocycles. The van der Waals surface area contributed by atoms with Crippen molar-refractivity contribution in [3.63, 3.8) is 0 Å². The van der Waals surface area contributed by atoms with Gasteiger partial charge in [0.1, 0.15) is 5.82 Å². The summed E-state index contributed by atoms with van der Waals surface area (Å²) in [6.45, 7) is 0. The average molecular weight is 245 g/mol. The maximum atomic E-state index is 13.3. The fourth-order valence-electron chi connectivity index (χ4n) is 1.85. The van der Waals surface area contributed by atoms with E-state index in [1.165, 1.54) is 12.1 Å². The number of rotatable bonds is 2. The molecule has 0 atom stereocenters. The molecule has 0 amide bonds. The second kappa shape index (κ2) is 3.94. The van der Waals surface area contributed by atoms with Gasteiger partial charge in [-0.05, 0) is 31.0 Å². The van der Waals surface area contributed by atoms with E-state index in [0.717, 1.165) is 18.5 Å². The Kier molecular flexibility index (Phi) is 2.40. The van der Waals surface area contributed by atoms with Gasteiger partial charge in [0, 0.05) is 23.2 Å². The normalized spacial score (nSPS) is 14.7. The first-order chi connectivity index (χ1) is 8.63. The number of nitrogen functional groups attached to an aromatic ring is 1. The van der Waals surface area contributed by atoms with Crippen LogP contribution in [0, 0.1) is 5.82 Å². The van der Waals surface area contributed by atoms with Gasteiger partial charge in [0.15, 0.2) is 17.4 Å². The topological polar surface area (TPSA) is 72.0 Å². The minimum Gasteiger partial charge on any atom is -0.505 e. The Morgan fingerprint density at radius 2 is 2.00 bits per heavy atom. The van der Waals surface area contributed by atoms with Gasteiger partial charge in [0.25, 0.3) is 0 Å². The van der Waals surface area contributed by atoms with Crippen molar-refractivity contribution in [1.82, 2.24) is 9.97 Å². The van der Waals surface area contributed by atoms with E-state index in [1.807, 2.05) is 0 Å². The molecule has 0 bridgehead atoms. The molecule has 5 heteroatoms. The SMILES string of the molecule is Nc1cc(C2CC2)nc(-c2ccc(O)c(F)c2)n1.